The van der Waals surface area contributed by atoms with Crippen LogP contribution in [0.25, 0.3) is 0 Å². The number of benzene rings is 2. The summed E-state index contributed by atoms with van der Waals surface area (Å²) in [5, 5.41) is 2.85. The van der Waals surface area contributed by atoms with Crippen LogP contribution >= 0.6 is 0 Å². The van der Waals surface area contributed by atoms with Crippen molar-refractivity contribution in [2.45, 2.75) is 18.9 Å². The molecule has 1 fully saturated rings. The third-order valence-electron chi connectivity index (χ3n) is 4.70. The van der Waals surface area contributed by atoms with E-state index in [2.05, 4.69) is 10.2 Å². The normalized spacial score (nSPS) is 14.7. The van der Waals surface area contributed by atoms with Crippen molar-refractivity contribution in [1.29, 1.82) is 0 Å². The van der Waals surface area contributed by atoms with Crippen molar-refractivity contribution in [2.24, 2.45) is 0 Å². The van der Waals surface area contributed by atoms with E-state index in [9.17, 15) is 4.79 Å². The average molecular weight is 370 g/mol. The maximum atomic E-state index is 12.1. The summed E-state index contributed by atoms with van der Waals surface area (Å²) in [5.74, 6) is 1.09. The molecule has 1 saturated heterocycles. The van der Waals surface area contributed by atoms with Crippen LogP contribution < -0.4 is 19.7 Å². The molecule has 6 heteroatoms. The Labute approximate surface area is 160 Å². The fourth-order valence-corrected chi connectivity index (χ4v) is 3.14. The number of hydrogen-bond donors (Lipinski definition) is 1. The van der Waals surface area contributed by atoms with Gasteiger partial charge >= 0.3 is 0 Å². The molecule has 0 unspecified atom stereocenters. The van der Waals surface area contributed by atoms with E-state index in [1.807, 2.05) is 36.4 Å². The predicted octanol–water partition coefficient (Wildman–Crippen LogP) is 3.33. The highest BCUT2D eigenvalue weighted by atomic mass is 16.5. The third-order valence-corrected chi connectivity index (χ3v) is 4.70. The van der Waals surface area contributed by atoms with Crippen molar-refractivity contribution in [2.75, 3.05) is 44.1 Å². The maximum absolute atomic E-state index is 12.1. The van der Waals surface area contributed by atoms with Crippen LogP contribution in [-0.4, -0.2) is 45.9 Å². The van der Waals surface area contributed by atoms with Crippen molar-refractivity contribution in [3.63, 3.8) is 0 Å². The first-order valence-corrected chi connectivity index (χ1v) is 9.12. The van der Waals surface area contributed by atoms with Gasteiger partial charge in [0.05, 0.1) is 13.2 Å². The van der Waals surface area contributed by atoms with Crippen LogP contribution in [0, 0.1) is 0 Å². The fraction of sp³-hybridized carbons (Fsp3) is 0.381. The Morgan fingerprint density at radius 1 is 1.07 bits per heavy atom. The van der Waals surface area contributed by atoms with Crippen molar-refractivity contribution < 1.29 is 19.0 Å². The molecule has 6 nitrogen and oxygen atoms in total. The van der Waals surface area contributed by atoms with Gasteiger partial charge in [-0.1, -0.05) is 6.07 Å². The fourth-order valence-electron chi connectivity index (χ4n) is 3.14. The third kappa shape index (κ3) is 5.37. The van der Waals surface area contributed by atoms with E-state index < -0.39 is 0 Å². The number of methoxy groups -OCH3 is 2. The van der Waals surface area contributed by atoms with Crippen LogP contribution in [-0.2, 0) is 9.53 Å². The van der Waals surface area contributed by atoms with E-state index in [0.29, 0.717) is 17.6 Å². The first kappa shape index (κ1) is 19.0. The lowest BCUT2D eigenvalue weighted by Crippen LogP contribution is -2.36. The first-order chi connectivity index (χ1) is 13.2. The number of carbonyl (C=O) groups excluding carboxylic acids is 1. The summed E-state index contributed by atoms with van der Waals surface area (Å²) in [7, 11) is 3.37. The lowest BCUT2D eigenvalue weighted by atomic mass is 10.1. The lowest BCUT2D eigenvalue weighted by molar-refractivity contribution is -0.118. The van der Waals surface area contributed by atoms with Crippen LogP contribution in [0.15, 0.2) is 48.5 Å². The summed E-state index contributed by atoms with van der Waals surface area (Å²) in [6.45, 7) is 1.91. The van der Waals surface area contributed by atoms with Gasteiger partial charge in [-0.25, -0.2) is 0 Å². The number of ether oxygens (including phenoxy) is 3. The van der Waals surface area contributed by atoms with Gasteiger partial charge in [0.2, 0.25) is 0 Å². The zero-order chi connectivity index (χ0) is 19.1. The number of nitrogens with zero attached hydrogens (tertiary/aromatic N) is 1. The molecule has 0 saturated carbocycles. The molecule has 1 amide bonds. The Kier molecular flexibility index (Phi) is 6.54. The number of carbonyl (C=O) groups is 1. The van der Waals surface area contributed by atoms with E-state index in [-0.39, 0.29) is 12.5 Å². The maximum Gasteiger partial charge on any atom is 0.262 e. The number of hydrogen-bond acceptors (Lipinski definition) is 5. The zero-order valence-corrected chi connectivity index (χ0v) is 15.8. The minimum atomic E-state index is -0.202. The molecule has 0 atom stereocenters. The Bertz CT molecular complexity index is 740. The Hall–Kier alpha value is -2.73. The molecular formula is C21H26N2O4. The highest BCUT2D eigenvalue weighted by molar-refractivity contribution is 5.92. The average Bonchev–Trinajstić information content (AvgIpc) is 2.73. The van der Waals surface area contributed by atoms with Crippen molar-refractivity contribution in [3.05, 3.63) is 48.5 Å². The minimum Gasteiger partial charge on any atom is -0.497 e. The zero-order valence-electron chi connectivity index (χ0n) is 15.8. The van der Waals surface area contributed by atoms with Crippen molar-refractivity contribution in [3.8, 4) is 11.5 Å². The van der Waals surface area contributed by atoms with E-state index in [1.54, 1.807) is 26.4 Å². The molecule has 1 N–H and O–H groups in total. The van der Waals surface area contributed by atoms with E-state index >= 15 is 0 Å². The topological polar surface area (TPSA) is 60.0 Å². The number of nitrogens with one attached hydrogen (secondary N) is 1. The van der Waals surface area contributed by atoms with Gasteiger partial charge in [-0.15, -0.1) is 0 Å². The second kappa shape index (κ2) is 9.28. The van der Waals surface area contributed by atoms with Crippen molar-refractivity contribution >= 4 is 17.3 Å². The molecule has 0 bridgehead atoms. The van der Waals surface area contributed by atoms with Gasteiger partial charge in [0.15, 0.2) is 6.61 Å². The van der Waals surface area contributed by atoms with Crippen LogP contribution in [0.2, 0.25) is 0 Å². The van der Waals surface area contributed by atoms with Gasteiger partial charge in [-0.05, 0) is 49.2 Å². The summed E-state index contributed by atoms with van der Waals surface area (Å²) in [6.07, 6.45) is 2.44. The number of amides is 1. The molecule has 1 aliphatic heterocycles. The van der Waals surface area contributed by atoms with Gasteiger partial charge in [0.25, 0.3) is 5.91 Å². The molecule has 0 radical (unpaired) electrons. The first-order valence-electron chi connectivity index (χ1n) is 9.12. The summed E-state index contributed by atoms with van der Waals surface area (Å²) >= 11 is 0. The van der Waals surface area contributed by atoms with Crippen LogP contribution in [0.1, 0.15) is 12.8 Å². The molecule has 2 aromatic carbocycles. The van der Waals surface area contributed by atoms with E-state index in [0.717, 1.165) is 37.3 Å². The van der Waals surface area contributed by atoms with Crippen LogP contribution in [0.4, 0.5) is 11.4 Å². The van der Waals surface area contributed by atoms with Gasteiger partial charge in [-0.2, -0.15) is 0 Å². The van der Waals surface area contributed by atoms with Gasteiger partial charge < -0.3 is 24.4 Å². The molecule has 0 spiro atoms. The molecule has 2 aromatic rings. The van der Waals surface area contributed by atoms with Gasteiger partial charge in [-0.3, -0.25) is 4.79 Å². The molecular weight excluding hydrogens is 344 g/mol. The van der Waals surface area contributed by atoms with Gasteiger partial charge in [0, 0.05) is 37.6 Å². The molecule has 1 heterocycles. The summed E-state index contributed by atoms with van der Waals surface area (Å²) in [6, 6.07) is 15.1. The molecule has 0 aliphatic carbocycles. The number of piperidine rings is 1. The highest BCUT2D eigenvalue weighted by Gasteiger charge is 2.18. The molecule has 0 aromatic heterocycles. The lowest BCUT2D eigenvalue weighted by Gasteiger charge is -2.33. The smallest absolute Gasteiger partial charge is 0.262 e. The quantitative estimate of drug-likeness (QED) is 0.810. The van der Waals surface area contributed by atoms with Crippen LogP contribution in [0.3, 0.4) is 0 Å². The Morgan fingerprint density at radius 3 is 2.44 bits per heavy atom. The molecule has 3 rings (SSSR count). The summed E-state index contributed by atoms with van der Waals surface area (Å²) in [5.41, 5.74) is 1.92. The second-order valence-electron chi connectivity index (χ2n) is 6.48. The molecule has 144 valence electrons. The van der Waals surface area contributed by atoms with E-state index in [1.165, 1.54) is 0 Å². The predicted molar refractivity (Wildman–Crippen MR) is 106 cm³/mol. The number of rotatable bonds is 7. The summed E-state index contributed by atoms with van der Waals surface area (Å²) in [4.78, 5) is 14.4. The Morgan fingerprint density at radius 2 is 1.78 bits per heavy atom. The monoisotopic (exact) mass is 370 g/mol. The minimum absolute atomic E-state index is 0.0561. The highest BCUT2D eigenvalue weighted by Crippen LogP contribution is 2.23. The van der Waals surface area contributed by atoms with Crippen LogP contribution in [0.5, 0.6) is 11.5 Å². The van der Waals surface area contributed by atoms with E-state index in [4.69, 9.17) is 14.2 Å². The second-order valence-corrected chi connectivity index (χ2v) is 6.48. The standard InChI is InChI=1S/C21H26N2O4/c1-25-18-10-12-23(13-11-18)17-8-6-16(7-9-17)22-21(24)15-27-20-5-3-4-19(14-20)26-2/h3-9,14,18H,10-13,15H2,1-2H3,(H,22,24). The molecule has 1 aliphatic rings. The summed E-state index contributed by atoms with van der Waals surface area (Å²) < 4.78 is 16.1. The largest absolute Gasteiger partial charge is 0.497 e. The SMILES string of the molecule is COc1cccc(OCC(=O)Nc2ccc(N3CCC(OC)CC3)cc2)c1. The number of anilines is 2. The van der Waals surface area contributed by atoms with Crippen molar-refractivity contribution in [1.82, 2.24) is 0 Å². The van der Waals surface area contributed by atoms with Gasteiger partial charge in [0.1, 0.15) is 11.5 Å². The Balaban J connectivity index is 1.48. The molecule has 27 heavy (non-hydrogen) atoms.